The number of nitrogens with one attached hydrogen (secondary N) is 1. The molecule has 2 heterocycles. The van der Waals surface area contributed by atoms with Gasteiger partial charge in [-0.15, -0.1) is 0 Å². The van der Waals surface area contributed by atoms with Crippen LogP contribution in [-0.4, -0.2) is 19.3 Å². The lowest BCUT2D eigenvalue weighted by Gasteiger charge is -2.17. The molecule has 84 valence electrons. The monoisotopic (exact) mass is 209 g/mol. The first-order valence-corrected chi connectivity index (χ1v) is 5.57. The number of ether oxygens (including phenoxy) is 1. The molecule has 2 atom stereocenters. The summed E-state index contributed by atoms with van der Waals surface area (Å²) in [5.74, 6) is 2.00. The van der Waals surface area contributed by atoms with Crippen LogP contribution in [0.3, 0.4) is 0 Å². The Morgan fingerprint density at radius 3 is 2.80 bits per heavy atom. The lowest BCUT2D eigenvalue weighted by Crippen LogP contribution is -2.31. The topological polar surface area (TPSA) is 34.4 Å². The zero-order valence-corrected chi connectivity index (χ0v) is 9.67. The van der Waals surface area contributed by atoms with Gasteiger partial charge in [0, 0.05) is 24.3 Å². The van der Waals surface area contributed by atoms with Gasteiger partial charge in [0.05, 0.1) is 6.61 Å². The Morgan fingerprint density at radius 2 is 2.27 bits per heavy atom. The summed E-state index contributed by atoms with van der Waals surface area (Å²) in [6, 6.07) is 2.95. The summed E-state index contributed by atoms with van der Waals surface area (Å²) >= 11 is 0. The van der Waals surface area contributed by atoms with E-state index in [-0.39, 0.29) is 0 Å². The first-order valence-electron chi connectivity index (χ1n) is 5.57. The molecule has 3 heteroatoms. The highest BCUT2D eigenvalue weighted by Gasteiger charge is 2.20. The Bertz CT molecular complexity index is 326. The van der Waals surface area contributed by atoms with Crippen LogP contribution in [0.15, 0.2) is 10.5 Å². The average molecular weight is 209 g/mol. The molecule has 3 nitrogen and oxygen atoms in total. The van der Waals surface area contributed by atoms with Crippen molar-refractivity contribution in [3.05, 3.63) is 23.2 Å². The molecule has 1 aliphatic rings. The molecular formula is C12H19NO2. The first-order chi connectivity index (χ1) is 7.16. The predicted octanol–water partition coefficient (Wildman–Crippen LogP) is 2.34. The minimum absolute atomic E-state index is 0.342. The average Bonchev–Trinajstić information content (AvgIpc) is 2.75. The largest absolute Gasteiger partial charge is 0.466 e. The van der Waals surface area contributed by atoms with Crippen molar-refractivity contribution < 1.29 is 9.15 Å². The highest BCUT2D eigenvalue weighted by molar-refractivity contribution is 5.23. The molecule has 2 rings (SSSR count). The molecule has 0 saturated carbocycles. The van der Waals surface area contributed by atoms with E-state index in [0.29, 0.717) is 12.1 Å². The number of aryl methyl sites for hydroxylation is 2. The van der Waals surface area contributed by atoms with E-state index in [1.807, 2.05) is 13.8 Å². The fourth-order valence-electron chi connectivity index (χ4n) is 2.19. The van der Waals surface area contributed by atoms with E-state index in [0.717, 1.165) is 31.2 Å². The van der Waals surface area contributed by atoms with Crippen molar-refractivity contribution in [1.29, 1.82) is 0 Å². The standard InChI is InChI=1S/C12H19NO2/c1-8-6-12(10(3)15-8)9(2)13-11-4-5-14-7-11/h6,9,11,13H,4-5,7H2,1-3H3. The van der Waals surface area contributed by atoms with Gasteiger partial charge in [0.1, 0.15) is 11.5 Å². The number of hydrogen-bond acceptors (Lipinski definition) is 3. The Morgan fingerprint density at radius 1 is 1.47 bits per heavy atom. The van der Waals surface area contributed by atoms with Gasteiger partial charge < -0.3 is 14.5 Å². The Hall–Kier alpha value is -0.800. The number of rotatable bonds is 3. The van der Waals surface area contributed by atoms with Gasteiger partial charge in [-0.2, -0.15) is 0 Å². The second kappa shape index (κ2) is 4.37. The van der Waals surface area contributed by atoms with E-state index in [4.69, 9.17) is 9.15 Å². The maximum absolute atomic E-state index is 5.53. The lowest BCUT2D eigenvalue weighted by atomic mass is 10.1. The van der Waals surface area contributed by atoms with Crippen molar-refractivity contribution in [3.8, 4) is 0 Å². The SMILES string of the molecule is Cc1cc(C(C)NC2CCOC2)c(C)o1. The van der Waals surface area contributed by atoms with E-state index in [1.165, 1.54) is 5.56 Å². The first kappa shape index (κ1) is 10.7. The lowest BCUT2D eigenvalue weighted by molar-refractivity contribution is 0.188. The third kappa shape index (κ3) is 2.41. The van der Waals surface area contributed by atoms with Gasteiger partial charge in [-0.25, -0.2) is 0 Å². The number of hydrogen-bond donors (Lipinski definition) is 1. The summed E-state index contributed by atoms with van der Waals surface area (Å²) in [6.07, 6.45) is 1.11. The summed E-state index contributed by atoms with van der Waals surface area (Å²) in [4.78, 5) is 0. The molecular weight excluding hydrogens is 190 g/mol. The van der Waals surface area contributed by atoms with Crippen molar-refractivity contribution in [2.45, 2.75) is 39.3 Å². The van der Waals surface area contributed by atoms with Crippen molar-refractivity contribution >= 4 is 0 Å². The molecule has 1 N–H and O–H groups in total. The summed E-state index contributed by atoms with van der Waals surface area (Å²) in [6.45, 7) is 7.90. The van der Waals surface area contributed by atoms with Gasteiger partial charge in [-0.05, 0) is 33.3 Å². The van der Waals surface area contributed by atoms with Crippen molar-refractivity contribution in [2.75, 3.05) is 13.2 Å². The smallest absolute Gasteiger partial charge is 0.105 e. The molecule has 2 unspecified atom stereocenters. The van der Waals surface area contributed by atoms with Gasteiger partial charge in [0.2, 0.25) is 0 Å². The van der Waals surface area contributed by atoms with Crippen molar-refractivity contribution in [2.24, 2.45) is 0 Å². The summed E-state index contributed by atoms with van der Waals surface area (Å²) in [5, 5.41) is 3.56. The van der Waals surface area contributed by atoms with Crippen molar-refractivity contribution in [3.63, 3.8) is 0 Å². The molecule has 0 aliphatic carbocycles. The third-order valence-electron chi connectivity index (χ3n) is 2.96. The van der Waals surface area contributed by atoms with E-state index in [9.17, 15) is 0 Å². The van der Waals surface area contributed by atoms with Crippen LogP contribution >= 0.6 is 0 Å². The van der Waals surface area contributed by atoms with Gasteiger partial charge in [0.15, 0.2) is 0 Å². The van der Waals surface area contributed by atoms with Crippen LogP contribution in [0.4, 0.5) is 0 Å². The Kier molecular flexibility index (Phi) is 3.12. The van der Waals surface area contributed by atoms with Crippen LogP contribution in [0.1, 0.15) is 36.5 Å². The minimum Gasteiger partial charge on any atom is -0.466 e. The van der Waals surface area contributed by atoms with E-state index >= 15 is 0 Å². The maximum Gasteiger partial charge on any atom is 0.105 e. The second-order valence-corrected chi connectivity index (χ2v) is 4.32. The molecule has 0 amide bonds. The third-order valence-corrected chi connectivity index (χ3v) is 2.96. The summed E-state index contributed by atoms with van der Waals surface area (Å²) in [5.41, 5.74) is 1.26. The molecule has 15 heavy (non-hydrogen) atoms. The zero-order chi connectivity index (χ0) is 10.8. The fraction of sp³-hybridized carbons (Fsp3) is 0.667. The molecule has 0 aromatic carbocycles. The van der Waals surface area contributed by atoms with Gasteiger partial charge in [-0.3, -0.25) is 0 Å². The Balaban J connectivity index is 2.00. The maximum atomic E-state index is 5.53. The second-order valence-electron chi connectivity index (χ2n) is 4.32. The fourth-order valence-corrected chi connectivity index (χ4v) is 2.19. The van der Waals surface area contributed by atoms with Crippen molar-refractivity contribution in [1.82, 2.24) is 5.32 Å². The molecule has 0 radical (unpaired) electrons. The molecule has 1 aromatic rings. The van der Waals surface area contributed by atoms with Crippen LogP contribution in [0, 0.1) is 13.8 Å². The molecule has 1 fully saturated rings. The van der Waals surface area contributed by atoms with Crippen LogP contribution < -0.4 is 5.32 Å². The van der Waals surface area contributed by atoms with E-state index in [2.05, 4.69) is 18.3 Å². The molecule has 0 bridgehead atoms. The van der Waals surface area contributed by atoms with E-state index < -0.39 is 0 Å². The summed E-state index contributed by atoms with van der Waals surface area (Å²) in [7, 11) is 0. The summed E-state index contributed by atoms with van der Waals surface area (Å²) < 4.78 is 10.9. The van der Waals surface area contributed by atoms with Crippen LogP contribution in [0.2, 0.25) is 0 Å². The van der Waals surface area contributed by atoms with Gasteiger partial charge in [0.25, 0.3) is 0 Å². The highest BCUT2D eigenvalue weighted by Crippen LogP contribution is 2.22. The highest BCUT2D eigenvalue weighted by atomic mass is 16.5. The van der Waals surface area contributed by atoms with Crippen LogP contribution in [0.5, 0.6) is 0 Å². The molecule has 1 saturated heterocycles. The quantitative estimate of drug-likeness (QED) is 0.829. The predicted molar refractivity (Wildman–Crippen MR) is 59.0 cm³/mol. The minimum atomic E-state index is 0.342. The van der Waals surface area contributed by atoms with Crippen LogP contribution in [-0.2, 0) is 4.74 Å². The van der Waals surface area contributed by atoms with Gasteiger partial charge in [-0.1, -0.05) is 0 Å². The van der Waals surface area contributed by atoms with Gasteiger partial charge >= 0.3 is 0 Å². The molecule has 1 aromatic heterocycles. The molecule has 1 aliphatic heterocycles. The number of furan rings is 1. The van der Waals surface area contributed by atoms with E-state index in [1.54, 1.807) is 0 Å². The normalized spacial score (nSPS) is 23.3. The zero-order valence-electron chi connectivity index (χ0n) is 9.67. The van der Waals surface area contributed by atoms with Crippen LogP contribution in [0.25, 0.3) is 0 Å². The molecule has 0 spiro atoms. The Labute approximate surface area is 90.8 Å².